The van der Waals surface area contributed by atoms with Crippen LogP contribution in [0.25, 0.3) is 11.3 Å². The molecule has 0 unspecified atom stereocenters. The summed E-state index contributed by atoms with van der Waals surface area (Å²) in [4.78, 5) is 7.99. The maximum Gasteiger partial charge on any atom is 0.114 e. The Morgan fingerprint density at radius 3 is 2.72 bits per heavy atom. The number of rotatable bonds is 3. The minimum absolute atomic E-state index is 0.0967. The van der Waals surface area contributed by atoms with Crippen molar-refractivity contribution in [3.8, 4) is 11.3 Å². The highest BCUT2D eigenvalue weighted by Crippen LogP contribution is 2.42. The lowest BCUT2D eigenvalue weighted by molar-refractivity contribution is 0.240. The Labute approximate surface area is 115 Å². The summed E-state index contributed by atoms with van der Waals surface area (Å²) in [5.41, 5.74) is 8.20. The van der Waals surface area contributed by atoms with Crippen LogP contribution < -0.4 is 5.73 Å². The molecule has 1 fully saturated rings. The molecule has 0 bridgehead atoms. The fraction of sp³-hybridized carbons (Fsp3) is 0.357. The van der Waals surface area contributed by atoms with Crippen molar-refractivity contribution < 1.29 is 0 Å². The molecule has 3 nitrogen and oxygen atoms in total. The number of nitrogens with one attached hydrogen (secondary N) is 1. The molecule has 1 aliphatic carbocycles. The molecule has 1 saturated carbocycles. The molecule has 18 heavy (non-hydrogen) atoms. The van der Waals surface area contributed by atoms with Crippen molar-refractivity contribution in [1.82, 2.24) is 9.97 Å². The molecule has 0 amide bonds. The fourth-order valence-electron chi connectivity index (χ4n) is 2.55. The molecule has 0 spiro atoms. The van der Waals surface area contributed by atoms with Gasteiger partial charge in [-0.2, -0.15) is 0 Å². The van der Waals surface area contributed by atoms with Crippen LogP contribution in [0.3, 0.4) is 0 Å². The van der Waals surface area contributed by atoms with Crippen molar-refractivity contribution in [2.45, 2.75) is 24.7 Å². The minimum Gasteiger partial charge on any atom is -0.341 e. The Morgan fingerprint density at radius 2 is 2.11 bits per heavy atom. The highest BCUT2D eigenvalue weighted by molar-refractivity contribution is 9.10. The number of aromatic nitrogens is 2. The Hall–Kier alpha value is -1.13. The lowest BCUT2D eigenvalue weighted by Crippen LogP contribution is -2.42. The molecule has 3 rings (SSSR count). The van der Waals surface area contributed by atoms with Gasteiger partial charge >= 0.3 is 0 Å². The summed E-state index contributed by atoms with van der Waals surface area (Å²) in [5.74, 6) is 1.04. The number of nitrogens with two attached hydrogens (primary N) is 1. The van der Waals surface area contributed by atoms with E-state index in [0.717, 1.165) is 34.4 Å². The summed E-state index contributed by atoms with van der Waals surface area (Å²) in [6.45, 7) is 0.677. The normalized spacial score (nSPS) is 17.4. The third-order valence-corrected chi connectivity index (χ3v) is 4.64. The van der Waals surface area contributed by atoms with Gasteiger partial charge in [0, 0.05) is 22.0 Å². The highest BCUT2D eigenvalue weighted by Gasteiger charge is 2.39. The second-order valence-corrected chi connectivity index (χ2v) is 5.82. The quantitative estimate of drug-likeness (QED) is 0.915. The second kappa shape index (κ2) is 4.52. The lowest BCUT2D eigenvalue weighted by Gasteiger charge is -2.39. The summed E-state index contributed by atoms with van der Waals surface area (Å²) in [7, 11) is 0. The van der Waals surface area contributed by atoms with Gasteiger partial charge in [0.15, 0.2) is 0 Å². The zero-order chi connectivity index (χ0) is 12.6. The molecular formula is C14H16BrN3. The van der Waals surface area contributed by atoms with E-state index < -0.39 is 0 Å². The summed E-state index contributed by atoms with van der Waals surface area (Å²) in [6, 6.07) is 8.16. The average Bonchev–Trinajstić information content (AvgIpc) is 2.79. The standard InChI is InChI=1S/C14H16BrN3/c15-11-5-2-1-4-10(11)12-8-17-13(18-12)14(9-16)6-3-7-14/h1-2,4-5,8H,3,6-7,9,16H2,(H,17,18). The average molecular weight is 306 g/mol. The molecule has 1 aromatic heterocycles. The van der Waals surface area contributed by atoms with Gasteiger partial charge in [-0.3, -0.25) is 0 Å². The van der Waals surface area contributed by atoms with E-state index in [4.69, 9.17) is 5.73 Å². The van der Waals surface area contributed by atoms with Crippen molar-refractivity contribution in [2.75, 3.05) is 6.54 Å². The van der Waals surface area contributed by atoms with Gasteiger partial charge in [-0.25, -0.2) is 4.98 Å². The zero-order valence-corrected chi connectivity index (χ0v) is 11.7. The minimum atomic E-state index is 0.0967. The number of hydrogen-bond acceptors (Lipinski definition) is 2. The van der Waals surface area contributed by atoms with Crippen molar-refractivity contribution in [1.29, 1.82) is 0 Å². The van der Waals surface area contributed by atoms with Gasteiger partial charge in [-0.15, -0.1) is 0 Å². The van der Waals surface area contributed by atoms with Gasteiger partial charge in [-0.05, 0) is 18.9 Å². The SMILES string of the molecule is NCC1(c2ncc(-c3ccccc3Br)[nH]2)CCC1. The lowest BCUT2D eigenvalue weighted by atomic mass is 9.68. The van der Waals surface area contributed by atoms with E-state index in [0.29, 0.717) is 6.54 Å². The van der Waals surface area contributed by atoms with E-state index in [1.807, 2.05) is 24.4 Å². The van der Waals surface area contributed by atoms with Gasteiger partial charge < -0.3 is 10.7 Å². The van der Waals surface area contributed by atoms with E-state index in [9.17, 15) is 0 Å². The molecule has 1 heterocycles. The number of aromatic amines is 1. The topological polar surface area (TPSA) is 54.7 Å². The summed E-state index contributed by atoms with van der Waals surface area (Å²) in [6.07, 6.45) is 5.45. The highest BCUT2D eigenvalue weighted by atomic mass is 79.9. The van der Waals surface area contributed by atoms with Crippen molar-refractivity contribution >= 4 is 15.9 Å². The second-order valence-electron chi connectivity index (χ2n) is 4.96. The van der Waals surface area contributed by atoms with Crippen molar-refractivity contribution in [3.05, 3.63) is 40.8 Å². The molecule has 4 heteroatoms. The molecule has 94 valence electrons. The maximum absolute atomic E-state index is 5.91. The third kappa shape index (κ3) is 1.80. The van der Waals surface area contributed by atoms with E-state index in [2.05, 4.69) is 32.0 Å². The Kier molecular flexibility index (Phi) is 2.99. The molecule has 0 saturated heterocycles. The number of H-pyrrole nitrogens is 1. The number of halogens is 1. The monoisotopic (exact) mass is 305 g/mol. The van der Waals surface area contributed by atoms with Gasteiger partial charge in [-0.1, -0.05) is 40.5 Å². The van der Waals surface area contributed by atoms with Crippen LogP contribution in [-0.2, 0) is 5.41 Å². The Morgan fingerprint density at radius 1 is 1.33 bits per heavy atom. The van der Waals surface area contributed by atoms with Crippen LogP contribution in [0.1, 0.15) is 25.1 Å². The first-order valence-electron chi connectivity index (χ1n) is 6.26. The number of hydrogen-bond donors (Lipinski definition) is 2. The molecular weight excluding hydrogens is 290 g/mol. The molecule has 0 atom stereocenters. The van der Waals surface area contributed by atoms with Crippen molar-refractivity contribution in [2.24, 2.45) is 5.73 Å². The van der Waals surface area contributed by atoms with Gasteiger partial charge in [0.25, 0.3) is 0 Å². The molecule has 0 radical (unpaired) electrons. The van der Waals surface area contributed by atoms with Crippen LogP contribution in [-0.4, -0.2) is 16.5 Å². The van der Waals surface area contributed by atoms with E-state index in [-0.39, 0.29) is 5.41 Å². The van der Waals surface area contributed by atoms with Crippen LogP contribution in [0.4, 0.5) is 0 Å². The van der Waals surface area contributed by atoms with Crippen molar-refractivity contribution in [3.63, 3.8) is 0 Å². The molecule has 2 aromatic rings. The van der Waals surface area contributed by atoms with Crippen LogP contribution in [0.15, 0.2) is 34.9 Å². The third-order valence-electron chi connectivity index (χ3n) is 3.94. The summed E-state index contributed by atoms with van der Waals surface area (Å²) in [5, 5.41) is 0. The van der Waals surface area contributed by atoms with Gasteiger partial charge in [0.1, 0.15) is 5.82 Å². The van der Waals surface area contributed by atoms with Crippen LogP contribution in [0, 0.1) is 0 Å². The largest absolute Gasteiger partial charge is 0.341 e. The van der Waals surface area contributed by atoms with Crippen LogP contribution in [0.2, 0.25) is 0 Å². The molecule has 1 aliphatic rings. The first-order valence-corrected chi connectivity index (χ1v) is 7.05. The van der Waals surface area contributed by atoms with E-state index >= 15 is 0 Å². The predicted molar refractivity (Wildman–Crippen MR) is 76.3 cm³/mol. The molecule has 1 aromatic carbocycles. The summed E-state index contributed by atoms with van der Waals surface area (Å²) >= 11 is 3.57. The fourth-order valence-corrected chi connectivity index (χ4v) is 3.05. The number of imidazole rings is 1. The Bertz CT molecular complexity index is 552. The summed E-state index contributed by atoms with van der Waals surface area (Å²) < 4.78 is 1.08. The van der Waals surface area contributed by atoms with Crippen LogP contribution in [0.5, 0.6) is 0 Å². The van der Waals surface area contributed by atoms with E-state index in [1.54, 1.807) is 0 Å². The molecule has 0 aliphatic heterocycles. The zero-order valence-electron chi connectivity index (χ0n) is 10.1. The van der Waals surface area contributed by atoms with Crippen LogP contribution >= 0.6 is 15.9 Å². The van der Waals surface area contributed by atoms with E-state index in [1.165, 1.54) is 6.42 Å². The van der Waals surface area contributed by atoms with Gasteiger partial charge in [0.2, 0.25) is 0 Å². The Balaban J connectivity index is 1.97. The predicted octanol–water partition coefficient (Wildman–Crippen LogP) is 3.22. The smallest absolute Gasteiger partial charge is 0.114 e. The first-order chi connectivity index (χ1) is 8.75. The number of nitrogens with zero attached hydrogens (tertiary/aromatic N) is 1. The number of benzene rings is 1. The van der Waals surface area contributed by atoms with Gasteiger partial charge in [0.05, 0.1) is 11.9 Å². The maximum atomic E-state index is 5.91. The first kappa shape index (κ1) is 11.9. The molecule has 3 N–H and O–H groups in total.